The van der Waals surface area contributed by atoms with Gasteiger partial charge in [-0.2, -0.15) is 0 Å². The maximum Gasteiger partial charge on any atom is 0.0681 e. The van der Waals surface area contributed by atoms with Crippen molar-refractivity contribution in [3.05, 3.63) is 65.2 Å². The van der Waals surface area contributed by atoms with Crippen molar-refractivity contribution in [2.75, 3.05) is 11.9 Å². The summed E-state index contributed by atoms with van der Waals surface area (Å²) < 4.78 is 0. The molecular weight excluding hydrogens is 250 g/mol. The normalized spacial score (nSPS) is 12.2. The van der Waals surface area contributed by atoms with Gasteiger partial charge in [0.05, 0.1) is 6.61 Å². The minimum Gasteiger partial charge on any atom is -0.396 e. The molecule has 0 spiro atoms. The van der Waals surface area contributed by atoms with Crippen LogP contribution in [0.4, 0.5) is 5.69 Å². The summed E-state index contributed by atoms with van der Waals surface area (Å²) in [5.41, 5.74) is 4.26. The van der Waals surface area contributed by atoms with E-state index in [1.165, 1.54) is 0 Å². The summed E-state index contributed by atoms with van der Waals surface area (Å²) in [6.07, 6.45) is 0.689. The van der Waals surface area contributed by atoms with E-state index in [4.69, 9.17) is 5.11 Å². The Morgan fingerprint density at radius 1 is 1.00 bits per heavy atom. The summed E-state index contributed by atoms with van der Waals surface area (Å²) in [6.45, 7) is 2.34. The minimum atomic E-state index is 0.0659. The predicted molar refractivity (Wildman–Crippen MR) is 81.6 cm³/mol. The molecule has 1 unspecified atom stereocenters. The third-order valence-electron chi connectivity index (χ3n) is 3.37. The fraction of sp³-hybridized carbons (Fsp3) is 0.294. The molecule has 0 amide bonds. The Hall–Kier alpha value is -1.84. The molecule has 0 aliphatic carbocycles. The number of anilines is 1. The largest absolute Gasteiger partial charge is 0.396 e. The van der Waals surface area contributed by atoms with Gasteiger partial charge in [-0.3, -0.25) is 0 Å². The van der Waals surface area contributed by atoms with Crippen molar-refractivity contribution in [3.63, 3.8) is 0 Å². The van der Waals surface area contributed by atoms with Crippen molar-refractivity contribution < 1.29 is 10.2 Å². The minimum absolute atomic E-state index is 0.0659. The number of hydrogen-bond acceptors (Lipinski definition) is 3. The lowest BCUT2D eigenvalue weighted by atomic mass is 10.0. The molecule has 2 aromatic rings. The van der Waals surface area contributed by atoms with Crippen LogP contribution in [0.5, 0.6) is 0 Å². The molecule has 2 rings (SSSR count). The van der Waals surface area contributed by atoms with E-state index in [0.29, 0.717) is 6.42 Å². The molecule has 0 aliphatic heterocycles. The lowest BCUT2D eigenvalue weighted by molar-refractivity contribution is 0.281. The van der Waals surface area contributed by atoms with E-state index in [0.717, 1.165) is 22.4 Å². The number of aliphatic hydroxyl groups excluding tert-OH is 2. The van der Waals surface area contributed by atoms with Crippen molar-refractivity contribution in [3.8, 4) is 0 Å². The second-order valence-corrected chi connectivity index (χ2v) is 4.94. The Morgan fingerprint density at radius 2 is 1.75 bits per heavy atom. The first-order chi connectivity index (χ1) is 9.72. The van der Waals surface area contributed by atoms with Crippen LogP contribution in [0.1, 0.15) is 29.7 Å². The van der Waals surface area contributed by atoms with Crippen molar-refractivity contribution in [2.45, 2.75) is 26.0 Å². The molecule has 106 valence electrons. The van der Waals surface area contributed by atoms with Crippen molar-refractivity contribution in [1.82, 2.24) is 0 Å². The molecule has 3 N–H and O–H groups in total. The van der Waals surface area contributed by atoms with Crippen LogP contribution in [-0.2, 0) is 13.0 Å². The number of nitrogens with one attached hydrogen (secondary N) is 1. The van der Waals surface area contributed by atoms with E-state index >= 15 is 0 Å². The SMILES string of the molecule is CC(Nc1ccc(CCO)cc1)c1cccc(CO)c1. The topological polar surface area (TPSA) is 52.5 Å². The van der Waals surface area contributed by atoms with Gasteiger partial charge in [0.1, 0.15) is 0 Å². The highest BCUT2D eigenvalue weighted by atomic mass is 16.3. The Balaban J connectivity index is 2.04. The molecule has 0 saturated heterocycles. The second kappa shape index (κ2) is 7.08. The van der Waals surface area contributed by atoms with E-state index < -0.39 is 0 Å². The third kappa shape index (κ3) is 3.83. The average molecular weight is 271 g/mol. The molecule has 0 aliphatic rings. The summed E-state index contributed by atoms with van der Waals surface area (Å²) in [6, 6.07) is 16.2. The first kappa shape index (κ1) is 14.6. The predicted octanol–water partition coefficient (Wildman–Crippen LogP) is 2.89. The van der Waals surface area contributed by atoms with E-state index in [9.17, 15) is 5.11 Å². The molecule has 0 heterocycles. The Bertz CT molecular complexity index is 537. The van der Waals surface area contributed by atoms with Crippen molar-refractivity contribution >= 4 is 5.69 Å². The zero-order valence-electron chi connectivity index (χ0n) is 11.7. The molecule has 0 aromatic heterocycles. The van der Waals surface area contributed by atoms with Crippen LogP contribution >= 0.6 is 0 Å². The van der Waals surface area contributed by atoms with Crippen LogP contribution < -0.4 is 5.32 Å². The first-order valence-electron chi connectivity index (χ1n) is 6.89. The van der Waals surface area contributed by atoms with Gasteiger partial charge in [-0.1, -0.05) is 36.4 Å². The summed E-state index contributed by atoms with van der Waals surface area (Å²) in [5.74, 6) is 0. The highest BCUT2D eigenvalue weighted by Crippen LogP contribution is 2.20. The zero-order chi connectivity index (χ0) is 14.4. The van der Waals surface area contributed by atoms with Crippen LogP contribution in [0.15, 0.2) is 48.5 Å². The van der Waals surface area contributed by atoms with Gasteiger partial charge < -0.3 is 15.5 Å². The van der Waals surface area contributed by atoms with Gasteiger partial charge in [-0.15, -0.1) is 0 Å². The third-order valence-corrected chi connectivity index (χ3v) is 3.37. The molecular formula is C17H21NO2. The Morgan fingerprint density at radius 3 is 2.40 bits per heavy atom. The van der Waals surface area contributed by atoms with Crippen LogP contribution in [0.25, 0.3) is 0 Å². The maximum atomic E-state index is 9.17. The van der Waals surface area contributed by atoms with Crippen LogP contribution in [-0.4, -0.2) is 16.8 Å². The molecule has 0 bridgehead atoms. The highest BCUT2D eigenvalue weighted by Gasteiger charge is 2.06. The monoisotopic (exact) mass is 271 g/mol. The van der Waals surface area contributed by atoms with Crippen molar-refractivity contribution in [2.24, 2.45) is 0 Å². The molecule has 1 atom stereocenters. The van der Waals surface area contributed by atoms with Crippen LogP contribution in [0, 0.1) is 0 Å². The molecule has 3 heteroatoms. The summed E-state index contributed by atoms with van der Waals surface area (Å²) in [5, 5.41) is 21.5. The summed E-state index contributed by atoms with van der Waals surface area (Å²) in [7, 11) is 0. The van der Waals surface area contributed by atoms with E-state index in [2.05, 4.69) is 18.3 Å². The van der Waals surface area contributed by atoms with Gasteiger partial charge in [-0.25, -0.2) is 0 Å². The maximum absolute atomic E-state index is 9.17. The number of aliphatic hydroxyl groups is 2. The van der Waals surface area contributed by atoms with Gasteiger partial charge >= 0.3 is 0 Å². The molecule has 3 nitrogen and oxygen atoms in total. The molecule has 0 fully saturated rings. The van der Waals surface area contributed by atoms with Gasteiger partial charge in [-0.05, 0) is 42.2 Å². The Kier molecular flexibility index (Phi) is 5.16. The Labute approximate surface area is 119 Å². The molecule has 0 saturated carbocycles. The van der Waals surface area contributed by atoms with E-state index in [1.54, 1.807) is 0 Å². The smallest absolute Gasteiger partial charge is 0.0681 e. The van der Waals surface area contributed by atoms with Gasteiger partial charge in [0.2, 0.25) is 0 Å². The molecule has 2 aromatic carbocycles. The quantitative estimate of drug-likeness (QED) is 0.757. The standard InChI is InChI=1S/C17H21NO2/c1-13(16-4-2-3-15(11-16)12-20)18-17-7-5-14(6-8-17)9-10-19/h2-8,11,13,18-20H,9-10,12H2,1H3. The van der Waals surface area contributed by atoms with Crippen molar-refractivity contribution in [1.29, 1.82) is 0 Å². The van der Waals surface area contributed by atoms with Gasteiger partial charge in [0.15, 0.2) is 0 Å². The molecule has 0 radical (unpaired) electrons. The highest BCUT2D eigenvalue weighted by molar-refractivity contribution is 5.47. The second-order valence-electron chi connectivity index (χ2n) is 4.94. The van der Waals surface area contributed by atoms with Crippen LogP contribution in [0.2, 0.25) is 0 Å². The fourth-order valence-electron chi connectivity index (χ4n) is 2.19. The van der Waals surface area contributed by atoms with E-state index in [-0.39, 0.29) is 19.3 Å². The number of hydrogen-bond donors (Lipinski definition) is 3. The lowest BCUT2D eigenvalue weighted by Gasteiger charge is -2.16. The van der Waals surface area contributed by atoms with E-state index in [1.807, 2.05) is 42.5 Å². The first-order valence-corrected chi connectivity index (χ1v) is 6.89. The number of benzene rings is 2. The zero-order valence-corrected chi connectivity index (χ0v) is 11.7. The van der Waals surface area contributed by atoms with Gasteiger partial charge in [0.25, 0.3) is 0 Å². The number of rotatable bonds is 6. The lowest BCUT2D eigenvalue weighted by Crippen LogP contribution is -2.07. The van der Waals surface area contributed by atoms with Crippen LogP contribution in [0.3, 0.4) is 0 Å². The fourth-order valence-corrected chi connectivity index (χ4v) is 2.19. The summed E-state index contributed by atoms with van der Waals surface area (Å²) in [4.78, 5) is 0. The summed E-state index contributed by atoms with van der Waals surface area (Å²) >= 11 is 0. The average Bonchev–Trinajstić information content (AvgIpc) is 2.49. The van der Waals surface area contributed by atoms with Gasteiger partial charge in [0, 0.05) is 18.3 Å². The molecule has 20 heavy (non-hydrogen) atoms.